The van der Waals surface area contributed by atoms with Crippen molar-refractivity contribution in [1.29, 1.82) is 0 Å². The lowest BCUT2D eigenvalue weighted by molar-refractivity contribution is 0.102. The second-order valence-electron chi connectivity index (χ2n) is 6.65. The number of hydrogen-bond donors (Lipinski definition) is 1. The van der Waals surface area contributed by atoms with Gasteiger partial charge in [-0.05, 0) is 44.2 Å². The second-order valence-corrected chi connectivity index (χ2v) is 7.47. The van der Waals surface area contributed by atoms with E-state index in [1.165, 1.54) is 0 Å². The number of aryl methyl sites for hydroxylation is 1. The maximum atomic E-state index is 12.6. The third-order valence-electron chi connectivity index (χ3n) is 4.59. The number of halogens is 2. The van der Waals surface area contributed by atoms with Gasteiger partial charge in [0.15, 0.2) is 5.69 Å². The number of nitrogens with zero attached hydrogens (tertiary/aromatic N) is 4. The molecule has 4 rings (SSSR count). The molecule has 0 aliphatic rings. The van der Waals surface area contributed by atoms with Gasteiger partial charge in [-0.3, -0.25) is 4.79 Å². The summed E-state index contributed by atoms with van der Waals surface area (Å²) in [6.45, 7) is 3.96. The van der Waals surface area contributed by atoms with Crippen LogP contribution in [0.5, 0.6) is 0 Å². The van der Waals surface area contributed by atoms with Gasteiger partial charge in [-0.2, -0.15) is 0 Å². The Labute approximate surface area is 182 Å². The van der Waals surface area contributed by atoms with Gasteiger partial charge in [0.2, 0.25) is 5.89 Å². The number of amides is 1. The molecule has 9 heteroatoms. The Kier molecular flexibility index (Phi) is 5.57. The average molecular weight is 442 g/mol. The topological polar surface area (TPSA) is 85.8 Å². The molecule has 1 N–H and O–H groups in total. The lowest BCUT2D eigenvalue weighted by Gasteiger charge is -2.05. The minimum Gasteiger partial charge on any atom is -0.441 e. The van der Waals surface area contributed by atoms with E-state index in [0.717, 1.165) is 11.3 Å². The van der Waals surface area contributed by atoms with Crippen molar-refractivity contribution in [1.82, 2.24) is 20.0 Å². The molecule has 1 amide bonds. The number of nitrogens with one attached hydrogen (secondary N) is 1. The molecule has 2 aromatic carbocycles. The number of oxazole rings is 1. The minimum atomic E-state index is -0.390. The van der Waals surface area contributed by atoms with Gasteiger partial charge < -0.3 is 9.73 Å². The van der Waals surface area contributed by atoms with E-state index in [4.69, 9.17) is 27.6 Å². The van der Waals surface area contributed by atoms with Gasteiger partial charge in [-0.15, -0.1) is 5.10 Å². The van der Waals surface area contributed by atoms with Crippen LogP contribution in [0.3, 0.4) is 0 Å². The highest BCUT2D eigenvalue weighted by Crippen LogP contribution is 2.26. The standard InChI is InChI=1S/C21H17Cl2N5O2/c1-12-19(20(29)24-15-8-9-16(22)17(23)10-15)26-27-28(12)11-18-13(2)30-21(25-18)14-6-4-3-5-7-14/h3-10H,11H2,1-2H3,(H,24,29). The molecule has 2 aromatic heterocycles. The van der Waals surface area contributed by atoms with E-state index < -0.39 is 0 Å². The van der Waals surface area contributed by atoms with E-state index >= 15 is 0 Å². The quantitative estimate of drug-likeness (QED) is 0.462. The normalized spacial score (nSPS) is 10.9. The van der Waals surface area contributed by atoms with Crippen LogP contribution in [-0.4, -0.2) is 25.9 Å². The lowest BCUT2D eigenvalue weighted by atomic mass is 10.2. The first kappa shape index (κ1) is 20.1. The summed E-state index contributed by atoms with van der Waals surface area (Å²) in [5.74, 6) is 0.836. The Morgan fingerprint density at radius 2 is 1.87 bits per heavy atom. The minimum absolute atomic E-state index is 0.213. The van der Waals surface area contributed by atoms with E-state index in [1.807, 2.05) is 37.3 Å². The zero-order valence-electron chi connectivity index (χ0n) is 16.2. The van der Waals surface area contributed by atoms with E-state index in [-0.39, 0.29) is 11.6 Å². The first-order chi connectivity index (χ1) is 14.4. The van der Waals surface area contributed by atoms with Gasteiger partial charge in [-0.25, -0.2) is 9.67 Å². The van der Waals surface area contributed by atoms with Crippen LogP contribution in [0.25, 0.3) is 11.5 Å². The highest BCUT2D eigenvalue weighted by atomic mass is 35.5. The van der Waals surface area contributed by atoms with E-state index in [2.05, 4.69) is 20.6 Å². The number of aromatic nitrogens is 4. The SMILES string of the molecule is Cc1oc(-c2ccccc2)nc1Cn1nnc(C(=O)Nc2ccc(Cl)c(Cl)c2)c1C. The van der Waals surface area contributed by atoms with Crippen LogP contribution >= 0.6 is 23.2 Å². The third-order valence-corrected chi connectivity index (χ3v) is 5.33. The van der Waals surface area contributed by atoms with Crippen LogP contribution in [0.1, 0.15) is 27.6 Å². The lowest BCUT2D eigenvalue weighted by Crippen LogP contribution is -2.14. The maximum Gasteiger partial charge on any atom is 0.278 e. The van der Waals surface area contributed by atoms with Crippen molar-refractivity contribution >= 4 is 34.8 Å². The van der Waals surface area contributed by atoms with Crippen LogP contribution in [0.2, 0.25) is 10.0 Å². The van der Waals surface area contributed by atoms with Crippen molar-refractivity contribution in [3.63, 3.8) is 0 Å². The van der Waals surface area contributed by atoms with Gasteiger partial charge >= 0.3 is 0 Å². The molecule has 152 valence electrons. The Bertz CT molecular complexity index is 1220. The van der Waals surface area contributed by atoms with Gasteiger partial charge in [0.05, 0.1) is 22.3 Å². The molecule has 0 aliphatic carbocycles. The summed E-state index contributed by atoms with van der Waals surface area (Å²) in [5, 5.41) is 11.6. The Balaban J connectivity index is 1.53. The summed E-state index contributed by atoms with van der Waals surface area (Å²) in [6, 6.07) is 14.5. The molecular weight excluding hydrogens is 425 g/mol. The number of anilines is 1. The smallest absolute Gasteiger partial charge is 0.278 e. The molecule has 0 spiro atoms. The van der Waals surface area contributed by atoms with Crippen LogP contribution in [0, 0.1) is 13.8 Å². The molecule has 7 nitrogen and oxygen atoms in total. The van der Waals surface area contributed by atoms with Gasteiger partial charge in [0.25, 0.3) is 5.91 Å². The van der Waals surface area contributed by atoms with Crippen molar-refractivity contribution in [2.24, 2.45) is 0 Å². The monoisotopic (exact) mass is 441 g/mol. The average Bonchev–Trinajstić information content (AvgIpc) is 3.29. The van der Waals surface area contributed by atoms with Gasteiger partial charge in [0.1, 0.15) is 11.5 Å². The number of rotatable bonds is 5. The molecule has 0 radical (unpaired) electrons. The molecule has 0 saturated carbocycles. The summed E-state index contributed by atoms with van der Waals surface area (Å²) in [6.07, 6.45) is 0. The highest BCUT2D eigenvalue weighted by Gasteiger charge is 2.19. The van der Waals surface area contributed by atoms with Crippen LogP contribution in [-0.2, 0) is 6.54 Å². The van der Waals surface area contributed by atoms with Crippen molar-refractivity contribution in [2.45, 2.75) is 20.4 Å². The summed E-state index contributed by atoms with van der Waals surface area (Å²) in [4.78, 5) is 17.2. The van der Waals surface area contributed by atoms with Gasteiger partial charge in [-0.1, -0.05) is 46.6 Å². The van der Waals surface area contributed by atoms with Crippen LogP contribution in [0.4, 0.5) is 5.69 Å². The molecule has 0 atom stereocenters. The number of hydrogen-bond acceptors (Lipinski definition) is 5. The van der Waals surface area contributed by atoms with E-state index in [1.54, 1.807) is 29.8 Å². The predicted octanol–water partition coefficient (Wildman–Crippen LogP) is 5.16. The molecule has 0 fully saturated rings. The fraction of sp³-hybridized carbons (Fsp3) is 0.143. The summed E-state index contributed by atoms with van der Waals surface area (Å²) in [5.41, 5.74) is 2.95. The Morgan fingerprint density at radius 1 is 1.10 bits per heavy atom. The molecule has 30 heavy (non-hydrogen) atoms. The Hall–Kier alpha value is -3.16. The molecule has 0 saturated heterocycles. The molecule has 4 aromatic rings. The second kappa shape index (κ2) is 8.30. The first-order valence-corrected chi connectivity index (χ1v) is 9.86. The number of benzene rings is 2. The fourth-order valence-electron chi connectivity index (χ4n) is 2.91. The van der Waals surface area contributed by atoms with Gasteiger partial charge in [0, 0.05) is 11.3 Å². The molecule has 0 unspecified atom stereocenters. The predicted molar refractivity (Wildman–Crippen MR) is 115 cm³/mol. The van der Waals surface area contributed by atoms with Crippen molar-refractivity contribution in [3.05, 3.63) is 81.4 Å². The van der Waals surface area contributed by atoms with E-state index in [9.17, 15) is 4.79 Å². The summed E-state index contributed by atoms with van der Waals surface area (Å²) < 4.78 is 7.41. The summed E-state index contributed by atoms with van der Waals surface area (Å²) in [7, 11) is 0. The van der Waals surface area contributed by atoms with E-state index in [0.29, 0.717) is 39.6 Å². The Morgan fingerprint density at radius 3 is 2.60 bits per heavy atom. The highest BCUT2D eigenvalue weighted by molar-refractivity contribution is 6.42. The van der Waals surface area contributed by atoms with Crippen LogP contribution in [0.15, 0.2) is 52.9 Å². The third kappa shape index (κ3) is 4.08. The van der Waals surface area contributed by atoms with Crippen molar-refractivity contribution < 1.29 is 9.21 Å². The number of carbonyl (C=O) groups is 1. The molecular formula is C21H17Cl2N5O2. The van der Waals surface area contributed by atoms with Crippen molar-refractivity contribution in [3.8, 4) is 11.5 Å². The number of carbonyl (C=O) groups excluding carboxylic acids is 1. The molecule has 2 heterocycles. The zero-order chi connectivity index (χ0) is 21.3. The molecule has 0 bridgehead atoms. The molecule has 0 aliphatic heterocycles. The van der Waals surface area contributed by atoms with Crippen LogP contribution < -0.4 is 5.32 Å². The largest absolute Gasteiger partial charge is 0.441 e. The first-order valence-electron chi connectivity index (χ1n) is 9.10. The maximum absolute atomic E-state index is 12.6. The van der Waals surface area contributed by atoms with Crippen molar-refractivity contribution in [2.75, 3.05) is 5.32 Å². The zero-order valence-corrected chi connectivity index (χ0v) is 17.7. The summed E-state index contributed by atoms with van der Waals surface area (Å²) >= 11 is 11.9. The fourth-order valence-corrected chi connectivity index (χ4v) is 3.20.